The van der Waals surface area contributed by atoms with Gasteiger partial charge in [-0.15, -0.1) is 0 Å². The summed E-state index contributed by atoms with van der Waals surface area (Å²) in [7, 11) is 2.09. The lowest BCUT2D eigenvalue weighted by Gasteiger charge is -2.24. The van der Waals surface area contributed by atoms with Gasteiger partial charge in [-0.05, 0) is 40.6 Å². The second-order valence-corrected chi connectivity index (χ2v) is 6.22. The average molecular weight is 291 g/mol. The number of hydrogen-bond acceptors (Lipinski definition) is 2. The fourth-order valence-electron chi connectivity index (χ4n) is 3.45. The third kappa shape index (κ3) is 2.03. The largest absolute Gasteiger partial charge is 0.508 e. The molecule has 1 aliphatic heterocycles. The molecule has 2 heteroatoms. The van der Waals surface area contributed by atoms with Crippen LogP contribution in [0, 0.1) is 0 Å². The van der Waals surface area contributed by atoms with Crippen molar-refractivity contribution in [2.75, 3.05) is 11.9 Å². The van der Waals surface area contributed by atoms with Gasteiger partial charge in [0.25, 0.3) is 0 Å². The summed E-state index contributed by atoms with van der Waals surface area (Å²) in [5, 5.41) is 12.2. The summed E-state index contributed by atoms with van der Waals surface area (Å²) in [5.41, 5.74) is 3.57. The molecule has 0 aromatic heterocycles. The van der Waals surface area contributed by atoms with E-state index in [2.05, 4.69) is 50.6 Å². The number of nitrogens with zero attached hydrogens (tertiary/aromatic N) is 1. The summed E-state index contributed by atoms with van der Waals surface area (Å²) in [6.45, 7) is 8.17. The molecule has 0 saturated heterocycles. The highest BCUT2D eigenvalue weighted by Crippen LogP contribution is 2.50. The fraction of sp³-hybridized carbons (Fsp3) is 0.200. The van der Waals surface area contributed by atoms with Crippen LogP contribution in [0.25, 0.3) is 10.8 Å². The van der Waals surface area contributed by atoms with Crippen molar-refractivity contribution in [3.05, 3.63) is 72.5 Å². The number of phenols is 1. The average Bonchev–Trinajstić information content (AvgIpc) is 2.68. The second kappa shape index (κ2) is 5.06. The third-order valence-electron chi connectivity index (χ3n) is 4.47. The van der Waals surface area contributed by atoms with E-state index in [9.17, 15) is 5.11 Å². The predicted octanol–water partition coefficient (Wildman–Crippen LogP) is 4.90. The number of anilines is 1. The Bertz CT molecular complexity index is 812. The molecule has 2 aromatic carbocycles. The minimum Gasteiger partial charge on any atom is -0.508 e. The smallest absolute Gasteiger partial charge is 0.116 e. The van der Waals surface area contributed by atoms with Crippen molar-refractivity contribution in [1.29, 1.82) is 0 Å². The number of allylic oxidation sites excluding steroid dienone is 5. The molecule has 112 valence electrons. The highest BCUT2D eigenvalue weighted by atomic mass is 16.3. The molecular weight excluding hydrogens is 270 g/mol. The molecule has 1 N–H and O–H groups in total. The number of aromatic hydroxyl groups is 1. The summed E-state index contributed by atoms with van der Waals surface area (Å²) in [5.74, 6) is 0.309. The Morgan fingerprint density at radius 3 is 2.59 bits per heavy atom. The molecule has 0 radical (unpaired) electrons. The van der Waals surface area contributed by atoms with Crippen molar-refractivity contribution in [1.82, 2.24) is 0 Å². The van der Waals surface area contributed by atoms with Crippen LogP contribution in [0.3, 0.4) is 0 Å². The van der Waals surface area contributed by atoms with Crippen LogP contribution < -0.4 is 4.90 Å². The number of phenolic OH excluding ortho intramolecular Hbond substituents is 1. The first-order valence-electron chi connectivity index (χ1n) is 7.46. The van der Waals surface area contributed by atoms with E-state index in [4.69, 9.17) is 0 Å². The van der Waals surface area contributed by atoms with E-state index < -0.39 is 0 Å². The van der Waals surface area contributed by atoms with E-state index in [0.29, 0.717) is 5.75 Å². The molecule has 22 heavy (non-hydrogen) atoms. The van der Waals surface area contributed by atoms with Crippen molar-refractivity contribution < 1.29 is 5.11 Å². The van der Waals surface area contributed by atoms with Gasteiger partial charge in [0, 0.05) is 23.8 Å². The van der Waals surface area contributed by atoms with E-state index >= 15 is 0 Å². The lowest BCUT2D eigenvalue weighted by atomic mass is 9.81. The van der Waals surface area contributed by atoms with E-state index in [1.54, 1.807) is 12.1 Å². The second-order valence-electron chi connectivity index (χ2n) is 6.22. The van der Waals surface area contributed by atoms with E-state index in [1.807, 2.05) is 24.3 Å². The molecule has 0 unspecified atom stereocenters. The number of likely N-dealkylation sites (N-methyl/N-ethyl adjacent to an activating group) is 1. The van der Waals surface area contributed by atoms with Gasteiger partial charge >= 0.3 is 0 Å². The van der Waals surface area contributed by atoms with Crippen molar-refractivity contribution in [3.8, 4) is 5.75 Å². The normalized spacial score (nSPS) is 18.3. The van der Waals surface area contributed by atoms with Crippen molar-refractivity contribution in [3.63, 3.8) is 0 Å². The Balaban J connectivity index is 2.28. The van der Waals surface area contributed by atoms with Gasteiger partial charge < -0.3 is 10.0 Å². The monoisotopic (exact) mass is 291 g/mol. The number of fused-ring (bicyclic) bond motifs is 3. The first-order chi connectivity index (χ1) is 10.5. The van der Waals surface area contributed by atoms with E-state index in [-0.39, 0.29) is 5.41 Å². The van der Waals surface area contributed by atoms with Gasteiger partial charge in [0.15, 0.2) is 0 Å². The van der Waals surface area contributed by atoms with Crippen LogP contribution in [0.1, 0.15) is 19.4 Å². The Morgan fingerprint density at radius 2 is 1.86 bits per heavy atom. The summed E-state index contributed by atoms with van der Waals surface area (Å²) in [4.78, 5) is 2.23. The van der Waals surface area contributed by atoms with Crippen LogP contribution in [0.15, 0.2) is 66.9 Å². The van der Waals surface area contributed by atoms with Gasteiger partial charge in [-0.2, -0.15) is 0 Å². The molecule has 2 nitrogen and oxygen atoms in total. The van der Waals surface area contributed by atoms with Crippen molar-refractivity contribution in [2.24, 2.45) is 0 Å². The standard InChI is InChI=1S/C20H21NO/c1-5-6-7-8-18-20(2,3)19-16-13-15(22)11-9-14(16)10-12-17(19)21(18)4/h5-13,22H,1H2,2-4H3/b7-6+,18-8+. The van der Waals surface area contributed by atoms with Crippen LogP contribution in [0.5, 0.6) is 5.75 Å². The maximum atomic E-state index is 9.89. The predicted molar refractivity (Wildman–Crippen MR) is 94.5 cm³/mol. The zero-order valence-electron chi connectivity index (χ0n) is 13.3. The SMILES string of the molecule is C=C/C=C/C=C1/N(C)c2ccc3ccc(O)cc3c2C1(C)C. The van der Waals surface area contributed by atoms with E-state index in [1.165, 1.54) is 16.9 Å². The van der Waals surface area contributed by atoms with Crippen LogP contribution >= 0.6 is 0 Å². The third-order valence-corrected chi connectivity index (χ3v) is 4.47. The molecule has 1 aliphatic rings. The van der Waals surface area contributed by atoms with Crippen LogP contribution in [-0.2, 0) is 5.41 Å². The molecule has 0 spiro atoms. The molecule has 3 rings (SSSR count). The van der Waals surface area contributed by atoms with E-state index in [0.717, 1.165) is 10.8 Å². The van der Waals surface area contributed by atoms with Crippen molar-refractivity contribution >= 4 is 16.5 Å². The maximum absolute atomic E-state index is 9.89. The van der Waals surface area contributed by atoms with Gasteiger partial charge in [0.2, 0.25) is 0 Å². The van der Waals surface area contributed by atoms with Crippen LogP contribution in [-0.4, -0.2) is 12.2 Å². The first-order valence-corrected chi connectivity index (χ1v) is 7.46. The quantitative estimate of drug-likeness (QED) is 0.796. The maximum Gasteiger partial charge on any atom is 0.116 e. The van der Waals surface area contributed by atoms with Gasteiger partial charge in [-0.3, -0.25) is 0 Å². The van der Waals surface area contributed by atoms with Crippen molar-refractivity contribution in [2.45, 2.75) is 19.3 Å². The van der Waals surface area contributed by atoms with Gasteiger partial charge in [-0.25, -0.2) is 0 Å². The Kier molecular flexibility index (Phi) is 3.32. The lowest BCUT2D eigenvalue weighted by Crippen LogP contribution is -2.22. The molecule has 0 saturated carbocycles. The molecule has 0 fully saturated rings. The minimum absolute atomic E-state index is 0.122. The fourth-order valence-corrected chi connectivity index (χ4v) is 3.45. The lowest BCUT2D eigenvalue weighted by molar-refractivity contribution is 0.476. The van der Waals surface area contributed by atoms with Crippen LogP contribution in [0.4, 0.5) is 5.69 Å². The van der Waals surface area contributed by atoms with Gasteiger partial charge in [-0.1, -0.05) is 50.8 Å². The molecule has 2 aromatic rings. The topological polar surface area (TPSA) is 23.5 Å². The number of benzene rings is 2. The summed E-state index contributed by atoms with van der Waals surface area (Å²) >= 11 is 0. The summed E-state index contributed by atoms with van der Waals surface area (Å²) in [6, 6.07) is 9.85. The number of rotatable bonds is 2. The molecule has 0 bridgehead atoms. The van der Waals surface area contributed by atoms with Gasteiger partial charge in [0.05, 0.1) is 0 Å². The Hall–Kier alpha value is -2.48. The molecule has 0 amide bonds. The zero-order valence-corrected chi connectivity index (χ0v) is 13.3. The number of hydrogen-bond donors (Lipinski definition) is 1. The molecular formula is C20H21NO. The molecule has 1 heterocycles. The van der Waals surface area contributed by atoms with Crippen LogP contribution in [0.2, 0.25) is 0 Å². The Morgan fingerprint density at radius 1 is 1.14 bits per heavy atom. The molecule has 0 atom stereocenters. The zero-order chi connectivity index (χ0) is 15.9. The summed E-state index contributed by atoms with van der Waals surface area (Å²) in [6.07, 6.45) is 7.87. The minimum atomic E-state index is -0.122. The highest BCUT2D eigenvalue weighted by Gasteiger charge is 2.39. The molecule has 0 aliphatic carbocycles. The Labute approximate surface area is 131 Å². The highest BCUT2D eigenvalue weighted by molar-refractivity contribution is 5.95. The summed E-state index contributed by atoms with van der Waals surface area (Å²) < 4.78 is 0. The first kappa shape index (κ1) is 14.5. The van der Waals surface area contributed by atoms with Gasteiger partial charge in [0.1, 0.15) is 5.75 Å².